The number of para-hydroxylation sites is 1. The smallest absolute Gasteiger partial charge is 0.414 e. The van der Waals surface area contributed by atoms with E-state index in [-0.39, 0.29) is 5.82 Å². The van der Waals surface area contributed by atoms with E-state index in [0.717, 1.165) is 56.6 Å². The van der Waals surface area contributed by atoms with E-state index in [0.29, 0.717) is 5.58 Å². The molecule has 2 N–H and O–H groups in total. The summed E-state index contributed by atoms with van der Waals surface area (Å²) < 4.78 is 18.5. The van der Waals surface area contributed by atoms with E-state index in [2.05, 4.69) is 46.1 Å². The van der Waals surface area contributed by atoms with Crippen molar-refractivity contribution < 1.29 is 28.7 Å². The number of fused-ring (bicyclic) bond motifs is 1. The molecule has 1 saturated heterocycles. The lowest BCUT2D eigenvalue weighted by Gasteiger charge is -2.36. The van der Waals surface area contributed by atoms with E-state index in [1.165, 1.54) is 23.4 Å². The number of piperazine rings is 1. The zero-order chi connectivity index (χ0) is 23.1. The van der Waals surface area contributed by atoms with Gasteiger partial charge in [-0.15, -0.1) is 0 Å². The maximum atomic E-state index is 13.2. The van der Waals surface area contributed by atoms with E-state index in [9.17, 15) is 4.39 Å². The number of aromatic nitrogens is 1. The predicted octanol–water partition coefficient (Wildman–Crippen LogP) is 3.19. The van der Waals surface area contributed by atoms with Gasteiger partial charge in [0.05, 0.1) is 5.69 Å². The summed E-state index contributed by atoms with van der Waals surface area (Å²) in [5.74, 6) is -3.93. The van der Waals surface area contributed by atoms with Gasteiger partial charge in [-0.3, -0.25) is 4.90 Å². The van der Waals surface area contributed by atoms with Gasteiger partial charge in [-0.05, 0) is 50.1 Å². The Morgan fingerprint density at radius 1 is 1.06 bits per heavy atom. The number of benzene rings is 2. The molecule has 4 rings (SSSR count). The van der Waals surface area contributed by atoms with Crippen LogP contribution in [0.15, 0.2) is 47.0 Å². The molecular formula is C23H26FN3O5. The number of aryl methyl sites for hydroxylation is 2. The monoisotopic (exact) mass is 443 g/mol. The summed E-state index contributed by atoms with van der Waals surface area (Å²) in [6, 6.07) is 13.2. The van der Waals surface area contributed by atoms with Crippen LogP contribution in [0.2, 0.25) is 0 Å². The zero-order valence-corrected chi connectivity index (χ0v) is 17.8. The van der Waals surface area contributed by atoms with E-state index < -0.39 is 11.9 Å². The molecule has 0 spiro atoms. The van der Waals surface area contributed by atoms with Gasteiger partial charge in [-0.2, -0.15) is 0 Å². The van der Waals surface area contributed by atoms with Crippen LogP contribution in [0.4, 0.5) is 10.1 Å². The summed E-state index contributed by atoms with van der Waals surface area (Å²) in [4.78, 5) is 23.2. The van der Waals surface area contributed by atoms with Crippen LogP contribution in [0.5, 0.6) is 0 Å². The quantitative estimate of drug-likeness (QED) is 0.579. The molecule has 1 aromatic heterocycles. The number of nitrogens with zero attached hydrogens (tertiary/aromatic N) is 3. The molecule has 170 valence electrons. The molecule has 2 heterocycles. The second-order valence-electron chi connectivity index (χ2n) is 7.60. The molecule has 8 nitrogen and oxygen atoms in total. The summed E-state index contributed by atoms with van der Waals surface area (Å²) in [5.41, 5.74) is 4.16. The average Bonchev–Trinajstić information content (AvgIpc) is 3.17. The first-order chi connectivity index (χ1) is 15.3. The van der Waals surface area contributed by atoms with Gasteiger partial charge < -0.3 is 19.6 Å². The number of carboxylic acid groups (broad SMARTS) is 2. The molecule has 0 atom stereocenters. The van der Waals surface area contributed by atoms with Gasteiger partial charge in [0.2, 0.25) is 0 Å². The summed E-state index contributed by atoms with van der Waals surface area (Å²) in [7, 11) is 0. The van der Waals surface area contributed by atoms with Crippen molar-refractivity contribution in [3.63, 3.8) is 0 Å². The van der Waals surface area contributed by atoms with Crippen LogP contribution in [-0.2, 0) is 16.0 Å². The molecule has 3 aromatic rings. The average molecular weight is 443 g/mol. The van der Waals surface area contributed by atoms with Crippen molar-refractivity contribution in [1.29, 1.82) is 0 Å². The van der Waals surface area contributed by atoms with E-state index in [4.69, 9.17) is 24.3 Å². The normalized spacial score (nSPS) is 14.1. The lowest BCUT2D eigenvalue weighted by atomic mass is 10.1. The highest BCUT2D eigenvalue weighted by molar-refractivity contribution is 6.27. The molecule has 0 aliphatic carbocycles. The maximum Gasteiger partial charge on any atom is 0.414 e. The summed E-state index contributed by atoms with van der Waals surface area (Å²) in [5, 5.41) is 19.8. The number of hydrogen-bond donors (Lipinski definition) is 2. The number of aliphatic carboxylic acids is 2. The first-order valence-corrected chi connectivity index (χ1v) is 10.4. The summed E-state index contributed by atoms with van der Waals surface area (Å²) >= 11 is 0. The standard InChI is InChI=1S/C21H24FN3O.C2H2O4/c1-16-5-2-3-7-20(16)25-13-11-24(12-14-25)10-4-6-19-18-9-8-17(22)15-21(18)26-23-19;3-1(4)2(5)6/h2-3,5,7-9,15H,4,6,10-14H2,1H3;(H,3,4)(H,5,6). The van der Waals surface area contributed by atoms with Crippen LogP contribution in [0.3, 0.4) is 0 Å². The molecule has 0 saturated carbocycles. The summed E-state index contributed by atoms with van der Waals surface area (Å²) in [6.07, 6.45) is 1.89. The molecule has 9 heteroatoms. The van der Waals surface area contributed by atoms with Crippen LogP contribution >= 0.6 is 0 Å². The molecule has 1 aliphatic heterocycles. The molecule has 0 amide bonds. The number of halogens is 1. The molecule has 0 unspecified atom stereocenters. The molecule has 2 aromatic carbocycles. The molecule has 1 fully saturated rings. The summed E-state index contributed by atoms with van der Waals surface area (Å²) in [6.45, 7) is 7.53. The third-order valence-corrected chi connectivity index (χ3v) is 5.41. The third kappa shape index (κ3) is 6.04. The molecule has 1 aliphatic rings. The highest BCUT2D eigenvalue weighted by Crippen LogP contribution is 2.22. The van der Waals surface area contributed by atoms with Crippen molar-refractivity contribution in [1.82, 2.24) is 10.1 Å². The molecule has 0 bridgehead atoms. The maximum absolute atomic E-state index is 13.2. The van der Waals surface area contributed by atoms with Gasteiger partial charge in [-0.1, -0.05) is 23.4 Å². The Bertz CT molecular complexity index is 1060. The van der Waals surface area contributed by atoms with Crippen molar-refractivity contribution in [3.05, 3.63) is 59.5 Å². The van der Waals surface area contributed by atoms with Crippen LogP contribution in [0, 0.1) is 12.7 Å². The topological polar surface area (TPSA) is 107 Å². The Morgan fingerprint density at radius 2 is 1.75 bits per heavy atom. The highest BCUT2D eigenvalue weighted by Gasteiger charge is 2.18. The number of carbonyl (C=O) groups is 2. The fourth-order valence-electron chi connectivity index (χ4n) is 3.74. The Labute approximate surface area is 184 Å². The van der Waals surface area contributed by atoms with E-state index in [1.54, 1.807) is 6.07 Å². The van der Waals surface area contributed by atoms with Crippen molar-refractivity contribution in [2.24, 2.45) is 0 Å². The highest BCUT2D eigenvalue weighted by atomic mass is 19.1. The molecule has 0 radical (unpaired) electrons. The van der Waals surface area contributed by atoms with E-state index in [1.807, 2.05) is 0 Å². The van der Waals surface area contributed by atoms with Crippen molar-refractivity contribution >= 4 is 28.6 Å². The van der Waals surface area contributed by atoms with Crippen LogP contribution in [0.25, 0.3) is 11.0 Å². The van der Waals surface area contributed by atoms with Crippen molar-refractivity contribution in [3.8, 4) is 0 Å². The fourth-order valence-corrected chi connectivity index (χ4v) is 3.74. The minimum absolute atomic E-state index is 0.285. The van der Waals surface area contributed by atoms with Crippen molar-refractivity contribution in [2.75, 3.05) is 37.6 Å². The van der Waals surface area contributed by atoms with E-state index >= 15 is 0 Å². The lowest BCUT2D eigenvalue weighted by molar-refractivity contribution is -0.159. The van der Waals surface area contributed by atoms with Gasteiger partial charge in [0.15, 0.2) is 5.58 Å². The number of carboxylic acids is 2. The number of anilines is 1. The Morgan fingerprint density at radius 3 is 2.41 bits per heavy atom. The second kappa shape index (κ2) is 10.7. The zero-order valence-electron chi connectivity index (χ0n) is 17.8. The van der Waals surface area contributed by atoms with Gasteiger partial charge in [0.1, 0.15) is 5.82 Å². The van der Waals surface area contributed by atoms with Gasteiger partial charge in [0, 0.05) is 43.3 Å². The fraction of sp³-hybridized carbons (Fsp3) is 0.348. The Balaban J connectivity index is 0.000000427. The van der Waals surface area contributed by atoms with Gasteiger partial charge >= 0.3 is 11.9 Å². The minimum Gasteiger partial charge on any atom is -0.473 e. The first-order valence-electron chi connectivity index (χ1n) is 10.4. The predicted molar refractivity (Wildman–Crippen MR) is 117 cm³/mol. The second-order valence-corrected chi connectivity index (χ2v) is 7.60. The molecular weight excluding hydrogens is 417 g/mol. The SMILES string of the molecule is Cc1ccccc1N1CCN(CCCc2noc3cc(F)ccc23)CC1.O=C(O)C(=O)O. The first kappa shape index (κ1) is 23.2. The number of hydrogen-bond acceptors (Lipinski definition) is 6. The largest absolute Gasteiger partial charge is 0.473 e. The van der Waals surface area contributed by atoms with Gasteiger partial charge in [-0.25, -0.2) is 14.0 Å². The van der Waals surface area contributed by atoms with Crippen molar-refractivity contribution in [2.45, 2.75) is 19.8 Å². The third-order valence-electron chi connectivity index (χ3n) is 5.41. The van der Waals surface area contributed by atoms with Crippen LogP contribution in [-0.4, -0.2) is 64.9 Å². The molecule has 32 heavy (non-hydrogen) atoms. The Hall–Kier alpha value is -3.46. The minimum atomic E-state index is -1.82. The van der Waals surface area contributed by atoms with Gasteiger partial charge in [0.25, 0.3) is 0 Å². The lowest BCUT2D eigenvalue weighted by Crippen LogP contribution is -2.46. The number of rotatable bonds is 5. The van der Waals surface area contributed by atoms with Crippen LogP contribution in [0.1, 0.15) is 17.7 Å². The Kier molecular flexibility index (Phi) is 7.77. The van der Waals surface area contributed by atoms with Crippen LogP contribution < -0.4 is 4.90 Å².